The topological polar surface area (TPSA) is 38.8 Å². The molecule has 4 heteroatoms. The molecule has 1 fully saturated rings. The normalized spacial score (nSPS) is 22.8. The zero-order chi connectivity index (χ0) is 15.1. The van der Waals surface area contributed by atoms with Gasteiger partial charge in [-0.05, 0) is 35.2 Å². The monoisotopic (exact) mass is 295 g/mol. The highest BCUT2D eigenvalue weighted by Gasteiger charge is 2.43. The Bertz CT molecular complexity index is 711. The number of hydrogen-bond acceptors (Lipinski definition) is 3. The molecule has 4 rings (SSSR count). The SMILES string of the molecule is COc1ccc([C@@H]2c3ccccc3C[C@H]3COC(=O)N32)cc1. The second-order valence-electron chi connectivity index (χ2n) is 5.72. The lowest BCUT2D eigenvalue weighted by Crippen LogP contribution is -2.42. The second-order valence-corrected chi connectivity index (χ2v) is 5.72. The molecule has 2 aromatic rings. The highest BCUT2D eigenvalue weighted by Crippen LogP contribution is 2.40. The highest BCUT2D eigenvalue weighted by molar-refractivity contribution is 5.72. The van der Waals surface area contributed by atoms with E-state index in [1.165, 1.54) is 11.1 Å². The molecule has 2 aliphatic rings. The van der Waals surface area contributed by atoms with Crippen molar-refractivity contribution in [2.24, 2.45) is 0 Å². The molecule has 2 atom stereocenters. The average molecular weight is 295 g/mol. The number of hydrogen-bond donors (Lipinski definition) is 0. The predicted molar refractivity (Wildman–Crippen MR) is 82.0 cm³/mol. The molecule has 0 aromatic heterocycles. The van der Waals surface area contributed by atoms with Crippen LogP contribution in [-0.4, -0.2) is 30.8 Å². The highest BCUT2D eigenvalue weighted by atomic mass is 16.6. The van der Waals surface area contributed by atoms with Gasteiger partial charge in [-0.1, -0.05) is 36.4 Å². The lowest BCUT2D eigenvalue weighted by Gasteiger charge is -2.37. The average Bonchev–Trinajstić information content (AvgIpc) is 2.94. The maximum atomic E-state index is 12.2. The molecule has 112 valence electrons. The quantitative estimate of drug-likeness (QED) is 0.854. The van der Waals surface area contributed by atoms with Crippen molar-refractivity contribution in [1.29, 1.82) is 0 Å². The minimum Gasteiger partial charge on any atom is -0.497 e. The Balaban J connectivity index is 1.83. The van der Waals surface area contributed by atoms with Crippen molar-refractivity contribution in [3.8, 4) is 5.75 Å². The number of carbonyl (C=O) groups excluding carboxylic acids is 1. The lowest BCUT2D eigenvalue weighted by atomic mass is 9.85. The van der Waals surface area contributed by atoms with E-state index in [2.05, 4.69) is 18.2 Å². The van der Waals surface area contributed by atoms with E-state index in [0.29, 0.717) is 6.61 Å². The molecule has 2 heterocycles. The number of ether oxygens (including phenoxy) is 2. The minimum atomic E-state index is -0.222. The van der Waals surface area contributed by atoms with Crippen molar-refractivity contribution in [3.05, 3.63) is 65.2 Å². The smallest absolute Gasteiger partial charge is 0.411 e. The van der Waals surface area contributed by atoms with E-state index in [9.17, 15) is 4.79 Å². The molecule has 4 nitrogen and oxygen atoms in total. The Hall–Kier alpha value is -2.49. The van der Waals surface area contributed by atoms with Gasteiger partial charge in [0.05, 0.1) is 19.2 Å². The number of nitrogens with zero attached hydrogens (tertiary/aromatic N) is 1. The second kappa shape index (κ2) is 5.05. The first kappa shape index (κ1) is 13.2. The summed E-state index contributed by atoms with van der Waals surface area (Å²) in [6, 6.07) is 16.3. The van der Waals surface area contributed by atoms with Crippen molar-refractivity contribution < 1.29 is 14.3 Å². The summed E-state index contributed by atoms with van der Waals surface area (Å²) in [4.78, 5) is 14.1. The predicted octanol–water partition coefficient (Wildman–Crippen LogP) is 3.16. The molecule has 0 spiro atoms. The lowest BCUT2D eigenvalue weighted by molar-refractivity contribution is 0.148. The molecule has 0 bridgehead atoms. The van der Waals surface area contributed by atoms with Crippen LogP contribution in [0.15, 0.2) is 48.5 Å². The van der Waals surface area contributed by atoms with Gasteiger partial charge in [0.1, 0.15) is 12.4 Å². The fourth-order valence-corrected chi connectivity index (χ4v) is 3.46. The van der Waals surface area contributed by atoms with Gasteiger partial charge in [-0.15, -0.1) is 0 Å². The summed E-state index contributed by atoms with van der Waals surface area (Å²) < 4.78 is 10.5. The third-order valence-electron chi connectivity index (χ3n) is 4.52. The van der Waals surface area contributed by atoms with Gasteiger partial charge in [-0.3, -0.25) is 4.90 Å². The van der Waals surface area contributed by atoms with E-state index < -0.39 is 0 Å². The summed E-state index contributed by atoms with van der Waals surface area (Å²) in [5.74, 6) is 0.813. The molecule has 2 aromatic carbocycles. The molecule has 1 amide bonds. The Kier molecular flexibility index (Phi) is 3.03. The van der Waals surface area contributed by atoms with E-state index in [0.717, 1.165) is 17.7 Å². The van der Waals surface area contributed by atoms with Crippen LogP contribution in [0.25, 0.3) is 0 Å². The Morgan fingerprint density at radius 3 is 2.68 bits per heavy atom. The zero-order valence-corrected chi connectivity index (χ0v) is 12.4. The van der Waals surface area contributed by atoms with E-state index in [1.807, 2.05) is 35.2 Å². The molecular weight excluding hydrogens is 278 g/mol. The zero-order valence-electron chi connectivity index (χ0n) is 12.4. The molecule has 0 radical (unpaired) electrons. The van der Waals surface area contributed by atoms with Crippen molar-refractivity contribution in [1.82, 2.24) is 4.90 Å². The molecule has 0 aliphatic carbocycles. The van der Waals surface area contributed by atoms with Crippen LogP contribution in [0.2, 0.25) is 0 Å². The van der Waals surface area contributed by atoms with Gasteiger partial charge in [0.2, 0.25) is 0 Å². The van der Waals surface area contributed by atoms with Crippen molar-refractivity contribution in [2.45, 2.75) is 18.5 Å². The molecule has 0 saturated carbocycles. The third-order valence-corrected chi connectivity index (χ3v) is 4.52. The first-order valence-corrected chi connectivity index (χ1v) is 7.45. The first-order valence-electron chi connectivity index (χ1n) is 7.45. The maximum Gasteiger partial charge on any atom is 0.411 e. The van der Waals surface area contributed by atoms with Crippen molar-refractivity contribution >= 4 is 6.09 Å². The summed E-state index contributed by atoms with van der Waals surface area (Å²) in [5.41, 5.74) is 3.56. The van der Waals surface area contributed by atoms with Crippen LogP contribution in [-0.2, 0) is 11.2 Å². The fraction of sp³-hybridized carbons (Fsp3) is 0.278. The summed E-state index contributed by atoms with van der Waals surface area (Å²) in [5, 5.41) is 0. The van der Waals surface area contributed by atoms with E-state index in [-0.39, 0.29) is 18.2 Å². The van der Waals surface area contributed by atoms with Gasteiger partial charge in [0.25, 0.3) is 0 Å². The Morgan fingerprint density at radius 2 is 1.91 bits per heavy atom. The Labute approximate surface area is 129 Å². The van der Waals surface area contributed by atoms with Gasteiger partial charge in [-0.2, -0.15) is 0 Å². The summed E-state index contributed by atoms with van der Waals surface area (Å²) in [6.07, 6.45) is 0.634. The van der Waals surface area contributed by atoms with Crippen molar-refractivity contribution in [3.63, 3.8) is 0 Å². The summed E-state index contributed by atoms with van der Waals surface area (Å²) in [6.45, 7) is 0.472. The van der Waals surface area contributed by atoms with E-state index in [4.69, 9.17) is 9.47 Å². The van der Waals surface area contributed by atoms with Crippen LogP contribution in [0.5, 0.6) is 5.75 Å². The minimum absolute atomic E-state index is 0.0872. The van der Waals surface area contributed by atoms with Gasteiger partial charge in [0.15, 0.2) is 0 Å². The third kappa shape index (κ3) is 1.95. The van der Waals surface area contributed by atoms with Crippen LogP contribution in [0, 0.1) is 0 Å². The first-order chi connectivity index (χ1) is 10.8. The number of methoxy groups -OCH3 is 1. The van der Waals surface area contributed by atoms with Gasteiger partial charge >= 0.3 is 6.09 Å². The number of cyclic esters (lactones) is 1. The van der Waals surface area contributed by atoms with Crippen LogP contribution in [0.3, 0.4) is 0 Å². The van der Waals surface area contributed by atoms with Crippen LogP contribution in [0.1, 0.15) is 22.7 Å². The number of rotatable bonds is 2. The van der Waals surface area contributed by atoms with E-state index in [1.54, 1.807) is 7.11 Å². The standard InChI is InChI=1S/C18H17NO3/c1-21-15-8-6-12(7-9-15)17-16-5-3-2-4-13(16)10-14-11-22-18(20)19(14)17/h2-9,14,17H,10-11H2,1H3/t14-,17+/m0/s1. The molecule has 0 unspecified atom stereocenters. The van der Waals surface area contributed by atoms with Crippen LogP contribution < -0.4 is 4.74 Å². The van der Waals surface area contributed by atoms with Crippen LogP contribution in [0.4, 0.5) is 4.79 Å². The number of fused-ring (bicyclic) bond motifs is 2. The largest absolute Gasteiger partial charge is 0.497 e. The van der Waals surface area contributed by atoms with E-state index >= 15 is 0 Å². The van der Waals surface area contributed by atoms with Gasteiger partial charge in [0, 0.05) is 0 Å². The summed E-state index contributed by atoms with van der Waals surface area (Å²) in [7, 11) is 1.65. The maximum absolute atomic E-state index is 12.2. The van der Waals surface area contributed by atoms with Gasteiger partial charge in [-0.25, -0.2) is 4.79 Å². The summed E-state index contributed by atoms with van der Waals surface area (Å²) >= 11 is 0. The molecular formula is C18H17NO3. The fourth-order valence-electron chi connectivity index (χ4n) is 3.46. The Morgan fingerprint density at radius 1 is 1.14 bits per heavy atom. The molecule has 0 N–H and O–H groups in total. The van der Waals surface area contributed by atoms with Crippen LogP contribution >= 0.6 is 0 Å². The number of amides is 1. The molecule has 2 aliphatic heterocycles. The number of carbonyl (C=O) groups is 1. The van der Waals surface area contributed by atoms with Gasteiger partial charge < -0.3 is 9.47 Å². The molecule has 1 saturated heterocycles. The number of benzene rings is 2. The van der Waals surface area contributed by atoms with Crippen molar-refractivity contribution in [2.75, 3.05) is 13.7 Å². The molecule has 22 heavy (non-hydrogen) atoms.